The second kappa shape index (κ2) is 16.9. The number of rotatable bonds is 5. The Morgan fingerprint density at radius 3 is 1.17 bits per heavy atom. The van der Waals surface area contributed by atoms with E-state index >= 15 is 0 Å². The summed E-state index contributed by atoms with van der Waals surface area (Å²) in [7, 11) is 0. The quantitative estimate of drug-likeness (QED) is 0.162. The molecule has 0 bridgehead atoms. The lowest BCUT2D eigenvalue weighted by molar-refractivity contribution is 0.590. The molecule has 370 valence electrons. The van der Waals surface area contributed by atoms with Crippen LogP contribution in [0.25, 0.3) is 116 Å². The first-order chi connectivity index (χ1) is 35.7. The normalized spacial score (nSPS) is 12.8. The van der Waals surface area contributed by atoms with E-state index in [0.717, 1.165) is 93.8 Å². The van der Waals surface area contributed by atoms with Crippen molar-refractivity contribution in [1.29, 1.82) is 0 Å². The minimum atomic E-state index is -0.0944. The molecule has 0 saturated carbocycles. The van der Waals surface area contributed by atoms with Crippen LogP contribution >= 0.6 is 0 Å². The van der Waals surface area contributed by atoms with Gasteiger partial charge < -0.3 is 13.6 Å². The second-order valence-electron chi connectivity index (χ2n) is 24.7. The Balaban J connectivity index is 1.27. The number of aromatic nitrogens is 4. The molecule has 6 nitrogen and oxygen atoms in total. The van der Waals surface area contributed by atoms with E-state index in [2.05, 4.69) is 224 Å². The standard InChI is InChI=1S/C69H63N5O/c1-66(2,3)43-27-31-57-49(35-43)50-36-44(67(4,5)6)28-32-58(50)73(57)61-56(70-13)39-53-47-25-20-26-48(65-71-54(41-21-16-14-17-22-41)40-55(72-65)42-23-18-15-19-24-42)63(47)75-64(53)62(61)74-59-33-29-45(68(7,8)9)37-51(59)52-38-46(69(10,11)12)30-34-60(52)74/h14-40H,1-12H3. The van der Waals surface area contributed by atoms with Crippen molar-refractivity contribution in [2.24, 2.45) is 0 Å². The summed E-state index contributed by atoms with van der Waals surface area (Å²) in [5.41, 5.74) is 16.6. The van der Waals surface area contributed by atoms with Gasteiger partial charge in [-0.3, -0.25) is 0 Å². The van der Waals surface area contributed by atoms with E-state index in [1.165, 1.54) is 22.3 Å². The van der Waals surface area contributed by atoms with Crippen molar-refractivity contribution in [3.8, 4) is 45.3 Å². The van der Waals surface area contributed by atoms with Gasteiger partial charge in [-0.1, -0.05) is 180 Å². The first-order valence-electron chi connectivity index (χ1n) is 26.3. The highest BCUT2D eigenvalue weighted by atomic mass is 16.3. The summed E-state index contributed by atoms with van der Waals surface area (Å²) in [6, 6.07) is 58.6. The van der Waals surface area contributed by atoms with Crippen molar-refractivity contribution in [2.75, 3.05) is 0 Å². The van der Waals surface area contributed by atoms with Crippen LogP contribution in [-0.4, -0.2) is 19.1 Å². The second-order valence-corrected chi connectivity index (χ2v) is 24.7. The van der Waals surface area contributed by atoms with Gasteiger partial charge >= 0.3 is 0 Å². The van der Waals surface area contributed by atoms with E-state index in [4.69, 9.17) is 14.4 Å². The van der Waals surface area contributed by atoms with Crippen molar-refractivity contribution in [3.63, 3.8) is 0 Å². The zero-order valence-corrected chi connectivity index (χ0v) is 45.2. The van der Waals surface area contributed by atoms with Crippen molar-refractivity contribution >= 4 is 71.2 Å². The minimum absolute atomic E-state index is 0.0883. The van der Waals surface area contributed by atoms with Crippen LogP contribution < -0.4 is 0 Å². The van der Waals surface area contributed by atoms with Crippen molar-refractivity contribution in [3.05, 3.63) is 197 Å². The summed E-state index contributed by atoms with van der Waals surface area (Å²) in [5, 5.41) is 6.33. The molecule has 75 heavy (non-hydrogen) atoms. The van der Waals surface area contributed by atoms with Gasteiger partial charge in [-0.15, -0.1) is 0 Å². The molecule has 0 aliphatic carbocycles. The van der Waals surface area contributed by atoms with Crippen LogP contribution in [0.2, 0.25) is 0 Å². The average Bonchev–Trinajstić information content (AvgIpc) is 4.07. The fraction of sp³-hybridized carbons (Fsp3) is 0.232. The van der Waals surface area contributed by atoms with Crippen LogP contribution in [-0.2, 0) is 21.7 Å². The summed E-state index contributed by atoms with van der Waals surface area (Å²) < 4.78 is 12.4. The van der Waals surface area contributed by atoms with E-state index in [1.807, 2.05) is 36.4 Å². The number of furan rings is 1. The summed E-state index contributed by atoms with van der Waals surface area (Å²) in [6.45, 7) is 36.6. The van der Waals surface area contributed by atoms with Gasteiger partial charge in [0, 0.05) is 43.4 Å². The Kier molecular flexibility index (Phi) is 10.7. The van der Waals surface area contributed by atoms with Crippen LogP contribution in [0.15, 0.2) is 168 Å². The zero-order valence-electron chi connectivity index (χ0n) is 45.2. The molecule has 0 fully saturated rings. The van der Waals surface area contributed by atoms with E-state index < -0.39 is 0 Å². The fourth-order valence-electron chi connectivity index (χ4n) is 11.1. The Morgan fingerprint density at radius 2 is 0.787 bits per heavy atom. The number of nitrogens with zero attached hydrogens (tertiary/aromatic N) is 5. The average molecular weight is 978 g/mol. The molecular weight excluding hydrogens is 915 g/mol. The monoisotopic (exact) mass is 978 g/mol. The Labute approximate surface area is 440 Å². The maximum absolute atomic E-state index is 9.25. The van der Waals surface area contributed by atoms with Crippen molar-refractivity contribution in [1.82, 2.24) is 19.1 Å². The molecule has 0 aliphatic heterocycles. The number of fused-ring (bicyclic) bond motifs is 9. The molecule has 12 aromatic rings. The molecule has 4 heterocycles. The smallest absolute Gasteiger partial charge is 0.213 e. The zero-order chi connectivity index (χ0) is 52.5. The van der Waals surface area contributed by atoms with E-state index in [-0.39, 0.29) is 21.7 Å². The van der Waals surface area contributed by atoms with Gasteiger partial charge in [0.25, 0.3) is 0 Å². The molecule has 0 saturated heterocycles. The number of hydrogen-bond donors (Lipinski definition) is 0. The lowest BCUT2D eigenvalue weighted by Crippen LogP contribution is -2.11. The van der Waals surface area contributed by atoms with E-state index in [1.54, 1.807) is 0 Å². The van der Waals surface area contributed by atoms with Crippen LogP contribution in [0.5, 0.6) is 0 Å². The molecule has 0 amide bonds. The molecular formula is C69H63N5O. The third kappa shape index (κ3) is 7.91. The predicted molar refractivity (Wildman–Crippen MR) is 315 cm³/mol. The maximum Gasteiger partial charge on any atom is 0.213 e. The fourth-order valence-corrected chi connectivity index (χ4v) is 11.1. The van der Waals surface area contributed by atoms with Gasteiger partial charge in [0.05, 0.1) is 51.3 Å². The number of hydrogen-bond acceptors (Lipinski definition) is 3. The van der Waals surface area contributed by atoms with Gasteiger partial charge in [0.1, 0.15) is 11.3 Å². The Morgan fingerprint density at radius 1 is 0.387 bits per heavy atom. The van der Waals surface area contributed by atoms with Gasteiger partial charge in [-0.05, 0) is 111 Å². The van der Waals surface area contributed by atoms with Gasteiger partial charge in [-0.25, -0.2) is 14.8 Å². The molecule has 0 atom stereocenters. The molecule has 0 N–H and O–H groups in total. The highest BCUT2D eigenvalue weighted by Crippen LogP contribution is 2.50. The molecule has 6 heteroatoms. The molecule has 0 spiro atoms. The van der Waals surface area contributed by atoms with Gasteiger partial charge in [0.15, 0.2) is 11.4 Å². The molecule has 0 aliphatic rings. The first kappa shape index (κ1) is 47.7. The van der Waals surface area contributed by atoms with Crippen LogP contribution in [0.3, 0.4) is 0 Å². The number of para-hydroxylation sites is 1. The van der Waals surface area contributed by atoms with Crippen LogP contribution in [0, 0.1) is 6.57 Å². The largest absolute Gasteiger partial charge is 0.453 e. The lowest BCUT2D eigenvalue weighted by Gasteiger charge is -2.21. The van der Waals surface area contributed by atoms with Crippen molar-refractivity contribution in [2.45, 2.75) is 105 Å². The topological polar surface area (TPSA) is 53.1 Å². The summed E-state index contributed by atoms with van der Waals surface area (Å²) >= 11 is 0. The molecule has 8 aromatic carbocycles. The Bertz CT molecular complexity index is 4120. The molecule has 0 unspecified atom stereocenters. The predicted octanol–water partition coefficient (Wildman–Crippen LogP) is 19.3. The summed E-state index contributed by atoms with van der Waals surface area (Å²) in [6.07, 6.45) is 0. The summed E-state index contributed by atoms with van der Waals surface area (Å²) in [4.78, 5) is 15.2. The van der Waals surface area contributed by atoms with E-state index in [0.29, 0.717) is 22.7 Å². The molecule has 4 aromatic heterocycles. The summed E-state index contributed by atoms with van der Waals surface area (Å²) in [5.74, 6) is 0.556. The third-order valence-corrected chi connectivity index (χ3v) is 15.4. The van der Waals surface area contributed by atoms with Crippen LogP contribution in [0.4, 0.5) is 5.69 Å². The Hall–Kier alpha value is -8.27. The SMILES string of the molecule is [C-]#[N+]c1cc2c(oc3c(-c4nc(-c5ccccc5)cc(-c5ccccc5)n4)cccc32)c(-n2c3ccc(C(C)(C)C)cc3c3cc(C(C)(C)C)ccc32)c1-n1c2ccc(C(C)(C)C)cc2c2cc(C(C)(C)C)ccc21. The van der Waals surface area contributed by atoms with Crippen molar-refractivity contribution < 1.29 is 4.42 Å². The highest BCUT2D eigenvalue weighted by Gasteiger charge is 2.31. The first-order valence-corrected chi connectivity index (χ1v) is 26.3. The highest BCUT2D eigenvalue weighted by molar-refractivity contribution is 6.19. The third-order valence-electron chi connectivity index (χ3n) is 15.4. The van der Waals surface area contributed by atoms with Crippen LogP contribution in [0.1, 0.15) is 105 Å². The van der Waals surface area contributed by atoms with E-state index in [9.17, 15) is 6.57 Å². The molecule has 0 radical (unpaired) electrons. The minimum Gasteiger partial charge on any atom is -0.453 e. The van der Waals surface area contributed by atoms with Gasteiger partial charge in [-0.2, -0.15) is 0 Å². The maximum atomic E-state index is 9.25. The lowest BCUT2D eigenvalue weighted by atomic mass is 9.85. The van der Waals surface area contributed by atoms with Gasteiger partial charge in [0.2, 0.25) is 5.69 Å². The molecule has 12 rings (SSSR count). The number of benzene rings is 8.